The average Bonchev–Trinajstić information content (AvgIpc) is 2.49. The second-order valence-corrected chi connectivity index (χ2v) is 6.27. The Morgan fingerprint density at radius 1 is 1.19 bits per heavy atom. The molecule has 1 fully saturated rings. The second-order valence-electron chi connectivity index (χ2n) is 6.27. The Balaban J connectivity index is 2.07. The third kappa shape index (κ3) is 3.25. The van der Waals surface area contributed by atoms with Crippen molar-refractivity contribution in [3.63, 3.8) is 0 Å². The van der Waals surface area contributed by atoms with E-state index >= 15 is 0 Å². The first-order valence-corrected chi connectivity index (χ1v) is 7.38. The molecule has 4 heteroatoms. The van der Waals surface area contributed by atoms with E-state index in [9.17, 15) is 10.1 Å². The predicted molar refractivity (Wildman–Crippen MR) is 83.1 cm³/mol. The molecule has 0 radical (unpaired) electrons. The molecule has 1 amide bonds. The van der Waals surface area contributed by atoms with E-state index < -0.39 is 5.54 Å². The van der Waals surface area contributed by atoms with E-state index in [1.54, 1.807) is 0 Å². The lowest BCUT2D eigenvalue weighted by atomic mass is 10.0. The smallest absolute Gasteiger partial charge is 0.254 e. The first-order valence-electron chi connectivity index (χ1n) is 7.38. The molecule has 0 N–H and O–H groups in total. The third-order valence-electron chi connectivity index (χ3n) is 4.25. The van der Waals surface area contributed by atoms with Gasteiger partial charge in [0.2, 0.25) is 0 Å². The lowest BCUT2D eigenvalue weighted by molar-refractivity contribution is 0.0520. The van der Waals surface area contributed by atoms with Gasteiger partial charge in [-0.2, -0.15) is 5.26 Å². The van der Waals surface area contributed by atoms with Crippen LogP contribution in [-0.4, -0.2) is 47.4 Å². The number of hydrogen-bond donors (Lipinski definition) is 0. The van der Waals surface area contributed by atoms with Crippen LogP contribution in [0.5, 0.6) is 0 Å². The summed E-state index contributed by atoms with van der Waals surface area (Å²) in [6, 6.07) is 8.31. The minimum absolute atomic E-state index is 0.102. The third-order valence-corrected chi connectivity index (χ3v) is 4.25. The molecule has 1 aliphatic rings. The van der Waals surface area contributed by atoms with Crippen LogP contribution in [0, 0.1) is 25.2 Å². The van der Waals surface area contributed by atoms with Crippen LogP contribution in [0.2, 0.25) is 0 Å². The average molecular weight is 285 g/mol. The van der Waals surface area contributed by atoms with Crippen molar-refractivity contribution in [3.8, 4) is 6.07 Å². The van der Waals surface area contributed by atoms with Crippen molar-refractivity contribution >= 4 is 5.91 Å². The molecule has 112 valence electrons. The molecular weight excluding hydrogens is 262 g/mol. The van der Waals surface area contributed by atoms with Crippen molar-refractivity contribution in [1.82, 2.24) is 9.80 Å². The summed E-state index contributed by atoms with van der Waals surface area (Å²) in [6.07, 6.45) is 0. The van der Waals surface area contributed by atoms with Crippen molar-refractivity contribution in [3.05, 3.63) is 34.9 Å². The molecule has 0 aliphatic carbocycles. The number of hydrogen-bond acceptors (Lipinski definition) is 3. The van der Waals surface area contributed by atoms with E-state index in [0.717, 1.165) is 29.8 Å². The van der Waals surface area contributed by atoms with Crippen LogP contribution >= 0.6 is 0 Å². The van der Waals surface area contributed by atoms with Gasteiger partial charge in [0, 0.05) is 31.7 Å². The van der Waals surface area contributed by atoms with Gasteiger partial charge in [0.05, 0.1) is 6.07 Å². The SMILES string of the molecule is Cc1ccc(C)c(C(=O)N2CCN(C(C)(C)C#N)CC2)c1. The van der Waals surface area contributed by atoms with Crippen LogP contribution in [0.4, 0.5) is 0 Å². The minimum Gasteiger partial charge on any atom is -0.336 e. The number of amides is 1. The molecule has 0 spiro atoms. The van der Waals surface area contributed by atoms with E-state index in [1.165, 1.54) is 0 Å². The number of piperazine rings is 1. The predicted octanol–water partition coefficient (Wildman–Crippen LogP) is 2.36. The van der Waals surface area contributed by atoms with Gasteiger partial charge in [-0.15, -0.1) is 0 Å². The standard InChI is InChI=1S/C17H23N3O/c1-13-5-6-14(2)15(11-13)16(21)19-7-9-20(10-8-19)17(3,4)12-18/h5-6,11H,7-10H2,1-4H3. The Bertz CT molecular complexity index is 578. The molecule has 1 aromatic carbocycles. The van der Waals surface area contributed by atoms with Gasteiger partial charge in [0.1, 0.15) is 5.54 Å². The molecule has 1 aromatic rings. The van der Waals surface area contributed by atoms with Gasteiger partial charge in [0.25, 0.3) is 5.91 Å². The van der Waals surface area contributed by atoms with Crippen molar-refractivity contribution in [2.75, 3.05) is 26.2 Å². The maximum absolute atomic E-state index is 12.6. The maximum atomic E-state index is 12.6. The largest absolute Gasteiger partial charge is 0.336 e. The van der Waals surface area contributed by atoms with Gasteiger partial charge in [-0.3, -0.25) is 9.69 Å². The number of nitrogens with zero attached hydrogens (tertiary/aromatic N) is 3. The van der Waals surface area contributed by atoms with Crippen molar-refractivity contribution in [2.45, 2.75) is 33.2 Å². The van der Waals surface area contributed by atoms with Crippen molar-refractivity contribution < 1.29 is 4.79 Å². The maximum Gasteiger partial charge on any atom is 0.254 e. The molecule has 0 bridgehead atoms. The van der Waals surface area contributed by atoms with Crippen LogP contribution < -0.4 is 0 Å². The highest BCUT2D eigenvalue weighted by molar-refractivity contribution is 5.95. The van der Waals surface area contributed by atoms with Crippen LogP contribution in [-0.2, 0) is 0 Å². The molecule has 0 unspecified atom stereocenters. The fraction of sp³-hybridized carbons (Fsp3) is 0.529. The fourth-order valence-corrected chi connectivity index (χ4v) is 2.68. The lowest BCUT2D eigenvalue weighted by Crippen LogP contribution is -2.55. The highest BCUT2D eigenvalue weighted by Crippen LogP contribution is 2.19. The molecule has 1 aliphatic heterocycles. The number of aryl methyl sites for hydroxylation is 2. The van der Waals surface area contributed by atoms with Gasteiger partial charge >= 0.3 is 0 Å². The molecule has 2 rings (SSSR count). The zero-order chi connectivity index (χ0) is 15.6. The molecular formula is C17H23N3O. The molecule has 0 saturated carbocycles. The van der Waals surface area contributed by atoms with E-state index in [4.69, 9.17) is 0 Å². The van der Waals surface area contributed by atoms with Crippen LogP contribution in [0.15, 0.2) is 18.2 Å². The number of carbonyl (C=O) groups is 1. The summed E-state index contributed by atoms with van der Waals surface area (Å²) < 4.78 is 0. The summed E-state index contributed by atoms with van der Waals surface area (Å²) >= 11 is 0. The Hall–Kier alpha value is -1.86. The molecule has 21 heavy (non-hydrogen) atoms. The summed E-state index contributed by atoms with van der Waals surface area (Å²) in [5, 5.41) is 9.19. The highest BCUT2D eigenvalue weighted by Gasteiger charge is 2.31. The van der Waals surface area contributed by atoms with Crippen molar-refractivity contribution in [2.24, 2.45) is 0 Å². The number of carbonyl (C=O) groups excluding carboxylic acids is 1. The summed E-state index contributed by atoms with van der Waals surface area (Å²) in [6.45, 7) is 10.7. The molecule has 0 atom stereocenters. The van der Waals surface area contributed by atoms with Gasteiger partial charge in [-0.25, -0.2) is 0 Å². The van der Waals surface area contributed by atoms with Crippen LogP contribution in [0.1, 0.15) is 35.3 Å². The van der Waals surface area contributed by atoms with Gasteiger partial charge < -0.3 is 4.90 Å². The Morgan fingerprint density at radius 2 is 1.81 bits per heavy atom. The van der Waals surface area contributed by atoms with E-state index in [0.29, 0.717) is 13.1 Å². The summed E-state index contributed by atoms with van der Waals surface area (Å²) in [5.74, 6) is 0.102. The minimum atomic E-state index is -0.464. The van der Waals surface area contributed by atoms with E-state index in [-0.39, 0.29) is 5.91 Å². The van der Waals surface area contributed by atoms with E-state index in [2.05, 4.69) is 11.0 Å². The van der Waals surface area contributed by atoms with E-state index in [1.807, 2.05) is 50.8 Å². The first-order chi connectivity index (χ1) is 9.85. The normalized spacial score (nSPS) is 16.6. The Labute approximate surface area is 127 Å². The highest BCUT2D eigenvalue weighted by atomic mass is 16.2. The number of benzene rings is 1. The second kappa shape index (κ2) is 5.87. The lowest BCUT2D eigenvalue weighted by Gasteiger charge is -2.40. The van der Waals surface area contributed by atoms with Crippen molar-refractivity contribution in [1.29, 1.82) is 5.26 Å². The quantitative estimate of drug-likeness (QED) is 0.838. The Kier molecular flexibility index (Phi) is 4.34. The molecule has 1 saturated heterocycles. The topological polar surface area (TPSA) is 47.3 Å². The zero-order valence-electron chi connectivity index (χ0n) is 13.3. The van der Waals surface area contributed by atoms with Crippen LogP contribution in [0.25, 0.3) is 0 Å². The zero-order valence-corrected chi connectivity index (χ0v) is 13.3. The van der Waals surface area contributed by atoms with Gasteiger partial charge in [-0.1, -0.05) is 17.7 Å². The van der Waals surface area contributed by atoms with Gasteiger partial charge in [-0.05, 0) is 39.3 Å². The molecule has 4 nitrogen and oxygen atoms in total. The summed E-state index contributed by atoms with van der Waals surface area (Å²) in [5.41, 5.74) is 2.45. The summed E-state index contributed by atoms with van der Waals surface area (Å²) in [4.78, 5) is 16.7. The first kappa shape index (κ1) is 15.5. The fourth-order valence-electron chi connectivity index (χ4n) is 2.68. The molecule has 1 heterocycles. The number of nitriles is 1. The number of rotatable bonds is 2. The molecule has 0 aromatic heterocycles. The monoisotopic (exact) mass is 285 g/mol. The van der Waals surface area contributed by atoms with Crippen LogP contribution in [0.3, 0.4) is 0 Å². The Morgan fingerprint density at radius 3 is 2.38 bits per heavy atom. The summed E-state index contributed by atoms with van der Waals surface area (Å²) in [7, 11) is 0. The van der Waals surface area contributed by atoms with Gasteiger partial charge in [0.15, 0.2) is 0 Å².